The molecule has 0 unspecified atom stereocenters. The second-order valence-corrected chi connectivity index (χ2v) is 3.39. The van der Waals surface area contributed by atoms with Crippen LogP contribution in [0, 0.1) is 0 Å². The lowest BCUT2D eigenvalue weighted by Crippen LogP contribution is -2.27. The Morgan fingerprint density at radius 1 is 1.27 bits per heavy atom. The van der Waals surface area contributed by atoms with Gasteiger partial charge in [0.2, 0.25) is 0 Å². The monoisotopic (exact) mass is 161 g/mol. The highest BCUT2D eigenvalue weighted by atomic mass is 16.3. The lowest BCUT2D eigenvalue weighted by molar-refractivity contribution is 0.0712. The van der Waals surface area contributed by atoms with Crippen LogP contribution in [0.4, 0.5) is 0 Å². The van der Waals surface area contributed by atoms with E-state index in [1.54, 1.807) is 13.8 Å². The van der Waals surface area contributed by atoms with E-state index in [9.17, 15) is 5.11 Å². The van der Waals surface area contributed by atoms with Crippen molar-refractivity contribution in [2.45, 2.75) is 32.3 Å². The lowest BCUT2D eigenvalue weighted by atomic mass is 10.1. The molecule has 0 saturated heterocycles. The summed E-state index contributed by atoms with van der Waals surface area (Å²) in [6, 6.07) is 0. The van der Waals surface area contributed by atoms with Gasteiger partial charge in [0.05, 0.1) is 5.60 Å². The van der Waals surface area contributed by atoms with Crippen LogP contribution in [0.1, 0.15) is 26.7 Å². The molecule has 0 aliphatic carbocycles. The van der Waals surface area contributed by atoms with Crippen molar-refractivity contribution in [3.05, 3.63) is 0 Å². The zero-order chi connectivity index (χ0) is 8.74. The van der Waals surface area contributed by atoms with Crippen LogP contribution >= 0.6 is 0 Å². The summed E-state index contributed by atoms with van der Waals surface area (Å²) in [4.78, 5) is 0. The molecule has 0 saturated carbocycles. The molecule has 3 nitrogen and oxygen atoms in total. The van der Waals surface area contributed by atoms with Crippen LogP contribution < -0.4 is 5.32 Å². The van der Waals surface area contributed by atoms with Gasteiger partial charge in [0.1, 0.15) is 0 Å². The lowest BCUT2D eigenvalue weighted by Gasteiger charge is -2.16. The molecule has 0 amide bonds. The third-order valence-corrected chi connectivity index (χ3v) is 1.43. The fourth-order valence-corrected chi connectivity index (χ4v) is 0.723. The maximum Gasteiger partial charge on any atom is 0.0603 e. The van der Waals surface area contributed by atoms with Crippen molar-refractivity contribution < 1.29 is 10.2 Å². The predicted molar refractivity (Wildman–Crippen MR) is 45.5 cm³/mol. The average Bonchev–Trinajstić information content (AvgIpc) is 1.85. The molecule has 0 spiro atoms. The number of aliphatic hydroxyl groups excluding tert-OH is 1. The molecule has 0 atom stereocenters. The van der Waals surface area contributed by atoms with Gasteiger partial charge in [0.25, 0.3) is 0 Å². The van der Waals surface area contributed by atoms with Gasteiger partial charge in [-0.2, -0.15) is 0 Å². The molecular weight excluding hydrogens is 142 g/mol. The second kappa shape index (κ2) is 5.52. The summed E-state index contributed by atoms with van der Waals surface area (Å²) in [5.74, 6) is 0. The second-order valence-electron chi connectivity index (χ2n) is 3.39. The Hall–Kier alpha value is -0.120. The van der Waals surface area contributed by atoms with Gasteiger partial charge in [-0.3, -0.25) is 0 Å². The standard InChI is InChI=1S/C8H19NO2/c1-8(2,11)4-6-9-5-3-7-10/h9-11H,3-7H2,1-2H3. The van der Waals surface area contributed by atoms with E-state index in [1.165, 1.54) is 0 Å². The SMILES string of the molecule is CC(C)(O)CCNCCCO. The summed E-state index contributed by atoms with van der Waals surface area (Å²) in [6.45, 7) is 5.45. The molecule has 0 bridgehead atoms. The number of nitrogens with one attached hydrogen (secondary N) is 1. The molecule has 0 heterocycles. The maximum atomic E-state index is 9.28. The van der Waals surface area contributed by atoms with E-state index in [1.807, 2.05) is 0 Å². The number of aliphatic hydroxyl groups is 2. The van der Waals surface area contributed by atoms with Gasteiger partial charge in [0, 0.05) is 6.61 Å². The Labute approximate surface area is 68.4 Å². The van der Waals surface area contributed by atoms with Gasteiger partial charge < -0.3 is 15.5 Å². The van der Waals surface area contributed by atoms with Gasteiger partial charge in [-0.05, 0) is 39.8 Å². The van der Waals surface area contributed by atoms with E-state index >= 15 is 0 Å². The van der Waals surface area contributed by atoms with Crippen molar-refractivity contribution in [2.75, 3.05) is 19.7 Å². The first-order chi connectivity index (χ1) is 5.06. The van der Waals surface area contributed by atoms with Crippen molar-refractivity contribution >= 4 is 0 Å². The molecule has 0 fully saturated rings. The van der Waals surface area contributed by atoms with Crippen LogP contribution in [0.5, 0.6) is 0 Å². The first kappa shape index (κ1) is 10.9. The number of rotatable bonds is 6. The normalized spacial score (nSPS) is 12.0. The molecule has 0 aliphatic heterocycles. The van der Waals surface area contributed by atoms with Crippen LogP contribution in [-0.4, -0.2) is 35.5 Å². The van der Waals surface area contributed by atoms with Crippen molar-refractivity contribution in [3.63, 3.8) is 0 Å². The van der Waals surface area contributed by atoms with Crippen molar-refractivity contribution in [2.24, 2.45) is 0 Å². The minimum atomic E-state index is -0.577. The molecule has 0 aromatic carbocycles. The molecular formula is C8H19NO2. The molecule has 11 heavy (non-hydrogen) atoms. The highest BCUT2D eigenvalue weighted by Crippen LogP contribution is 2.04. The predicted octanol–water partition coefficient (Wildman–Crippen LogP) is 0.119. The van der Waals surface area contributed by atoms with Gasteiger partial charge in [-0.15, -0.1) is 0 Å². The van der Waals surface area contributed by atoms with Gasteiger partial charge in [-0.1, -0.05) is 0 Å². The van der Waals surface area contributed by atoms with Gasteiger partial charge in [0.15, 0.2) is 0 Å². The topological polar surface area (TPSA) is 52.5 Å². The third kappa shape index (κ3) is 9.88. The molecule has 3 N–H and O–H groups in total. The maximum absolute atomic E-state index is 9.28. The van der Waals surface area contributed by atoms with E-state index in [-0.39, 0.29) is 6.61 Å². The molecule has 0 aromatic heterocycles. The molecule has 3 heteroatoms. The largest absolute Gasteiger partial charge is 0.396 e. The fourth-order valence-electron chi connectivity index (χ4n) is 0.723. The highest BCUT2D eigenvalue weighted by Gasteiger charge is 2.10. The van der Waals surface area contributed by atoms with Gasteiger partial charge >= 0.3 is 0 Å². The fraction of sp³-hybridized carbons (Fsp3) is 1.00. The number of hydrogen-bond acceptors (Lipinski definition) is 3. The Bertz CT molecular complexity index is 88.6. The Kier molecular flexibility index (Phi) is 5.46. The first-order valence-electron chi connectivity index (χ1n) is 4.10. The summed E-state index contributed by atoms with van der Waals surface area (Å²) in [5.41, 5.74) is -0.577. The van der Waals surface area contributed by atoms with Crippen molar-refractivity contribution in [1.29, 1.82) is 0 Å². The smallest absolute Gasteiger partial charge is 0.0603 e. The van der Waals surface area contributed by atoms with Crippen LogP contribution in [-0.2, 0) is 0 Å². The van der Waals surface area contributed by atoms with Crippen LogP contribution in [0.15, 0.2) is 0 Å². The molecule has 0 aliphatic rings. The minimum Gasteiger partial charge on any atom is -0.396 e. The molecule has 0 rings (SSSR count). The first-order valence-corrected chi connectivity index (χ1v) is 4.10. The van der Waals surface area contributed by atoms with E-state index in [2.05, 4.69) is 5.32 Å². The zero-order valence-corrected chi connectivity index (χ0v) is 7.43. The quantitative estimate of drug-likeness (QED) is 0.485. The Morgan fingerprint density at radius 2 is 1.91 bits per heavy atom. The molecule has 0 radical (unpaired) electrons. The van der Waals surface area contributed by atoms with Gasteiger partial charge in [-0.25, -0.2) is 0 Å². The molecule has 68 valence electrons. The molecule has 0 aromatic rings. The third-order valence-electron chi connectivity index (χ3n) is 1.43. The van der Waals surface area contributed by atoms with Crippen molar-refractivity contribution in [1.82, 2.24) is 5.32 Å². The average molecular weight is 161 g/mol. The highest BCUT2D eigenvalue weighted by molar-refractivity contribution is 4.65. The van der Waals surface area contributed by atoms with Crippen LogP contribution in [0.25, 0.3) is 0 Å². The van der Waals surface area contributed by atoms with E-state index in [0.717, 1.165) is 25.9 Å². The number of hydrogen-bond donors (Lipinski definition) is 3. The minimum absolute atomic E-state index is 0.232. The zero-order valence-electron chi connectivity index (χ0n) is 7.43. The van der Waals surface area contributed by atoms with Crippen molar-refractivity contribution in [3.8, 4) is 0 Å². The summed E-state index contributed by atoms with van der Waals surface area (Å²) in [5, 5.41) is 20.8. The summed E-state index contributed by atoms with van der Waals surface area (Å²) >= 11 is 0. The Morgan fingerprint density at radius 3 is 2.36 bits per heavy atom. The Balaban J connectivity index is 3.02. The van der Waals surface area contributed by atoms with E-state index in [0.29, 0.717) is 0 Å². The van der Waals surface area contributed by atoms with E-state index < -0.39 is 5.60 Å². The summed E-state index contributed by atoms with van der Waals surface area (Å²) < 4.78 is 0. The van der Waals surface area contributed by atoms with Crippen LogP contribution in [0.2, 0.25) is 0 Å². The van der Waals surface area contributed by atoms with Crippen LogP contribution in [0.3, 0.4) is 0 Å². The summed E-state index contributed by atoms with van der Waals surface area (Å²) in [6.07, 6.45) is 1.53. The summed E-state index contributed by atoms with van der Waals surface area (Å²) in [7, 11) is 0. The van der Waals surface area contributed by atoms with E-state index in [4.69, 9.17) is 5.11 Å².